The van der Waals surface area contributed by atoms with E-state index < -0.39 is 0 Å². The maximum atomic E-state index is 12.8. The lowest BCUT2D eigenvalue weighted by Gasteiger charge is -2.23. The van der Waals surface area contributed by atoms with E-state index in [0.717, 1.165) is 34.2 Å². The molecule has 0 unspecified atom stereocenters. The van der Waals surface area contributed by atoms with E-state index in [1.807, 2.05) is 60.4 Å². The third-order valence-corrected chi connectivity index (χ3v) is 5.60. The zero-order chi connectivity index (χ0) is 17.8. The number of rotatable bonds is 5. The molecule has 1 atom stereocenters. The lowest BCUT2D eigenvalue weighted by atomic mass is 10.1. The van der Waals surface area contributed by atoms with Crippen molar-refractivity contribution in [1.29, 1.82) is 0 Å². The van der Waals surface area contributed by atoms with Crippen molar-refractivity contribution < 1.29 is 4.79 Å². The molecule has 130 valence electrons. The Labute approximate surface area is 158 Å². The van der Waals surface area contributed by atoms with Gasteiger partial charge in [0.25, 0.3) is 0 Å². The Balaban J connectivity index is 1.87. The normalized spacial score (nSPS) is 16.6. The summed E-state index contributed by atoms with van der Waals surface area (Å²) in [4.78, 5) is 19.6. The fourth-order valence-corrected chi connectivity index (χ4v) is 3.95. The number of hydrogen-bond donors (Lipinski definition) is 0. The third-order valence-electron chi connectivity index (χ3n) is 4.21. The molecule has 25 heavy (non-hydrogen) atoms. The Bertz CT molecular complexity index is 771. The number of halogens is 1. The molecule has 1 aliphatic rings. The number of ketones is 1. The molecule has 0 aliphatic carbocycles. The van der Waals surface area contributed by atoms with E-state index in [4.69, 9.17) is 16.6 Å². The van der Waals surface area contributed by atoms with Crippen LogP contribution in [-0.2, 0) is 0 Å². The molecular formula is C20H21ClN2OS. The first-order valence-electron chi connectivity index (χ1n) is 8.40. The first-order valence-corrected chi connectivity index (χ1v) is 9.76. The van der Waals surface area contributed by atoms with Crippen molar-refractivity contribution in [2.75, 3.05) is 17.2 Å². The van der Waals surface area contributed by atoms with Crippen LogP contribution in [-0.4, -0.2) is 29.3 Å². The fraction of sp³-hybridized carbons (Fsp3) is 0.300. The van der Waals surface area contributed by atoms with E-state index in [2.05, 4.69) is 6.92 Å². The molecule has 0 aromatic heterocycles. The number of Topliss-reactive ketones (excluding diaryl/α,β-unsaturated/α-hetero) is 1. The molecule has 3 nitrogen and oxygen atoms in total. The highest BCUT2D eigenvalue weighted by Crippen LogP contribution is 2.28. The molecule has 0 radical (unpaired) electrons. The van der Waals surface area contributed by atoms with Crippen LogP contribution in [0.4, 0.5) is 5.69 Å². The predicted molar refractivity (Wildman–Crippen MR) is 108 cm³/mol. The van der Waals surface area contributed by atoms with Crippen LogP contribution < -0.4 is 4.90 Å². The summed E-state index contributed by atoms with van der Waals surface area (Å²) in [5, 5.41) is 1.59. The highest BCUT2D eigenvalue weighted by molar-refractivity contribution is 8.14. The standard InChI is InChI=1S/C20H21ClN2OS/c1-3-17-13-25-20(22-17)23(18-10-8-16(21)9-11-18)12-19(24)15-6-4-14(2)5-7-15/h4-11,17H,3,12-13H2,1-2H3/t17-/m1/s1. The molecule has 0 fully saturated rings. The van der Waals surface area contributed by atoms with Gasteiger partial charge in [-0.15, -0.1) is 0 Å². The number of nitrogens with zero attached hydrogens (tertiary/aromatic N) is 2. The monoisotopic (exact) mass is 372 g/mol. The van der Waals surface area contributed by atoms with Crippen molar-refractivity contribution in [3.8, 4) is 0 Å². The van der Waals surface area contributed by atoms with Gasteiger partial charge in [0.1, 0.15) is 0 Å². The smallest absolute Gasteiger partial charge is 0.182 e. The number of hydrogen-bond acceptors (Lipinski definition) is 4. The van der Waals surface area contributed by atoms with Crippen LogP contribution in [0.1, 0.15) is 29.3 Å². The number of amidine groups is 1. The minimum Gasteiger partial charge on any atom is -0.313 e. The van der Waals surface area contributed by atoms with E-state index in [-0.39, 0.29) is 12.3 Å². The van der Waals surface area contributed by atoms with Crippen molar-refractivity contribution in [2.45, 2.75) is 26.3 Å². The Hall–Kier alpha value is -1.78. The van der Waals surface area contributed by atoms with Crippen molar-refractivity contribution in [2.24, 2.45) is 4.99 Å². The van der Waals surface area contributed by atoms with Crippen LogP contribution in [0.2, 0.25) is 5.02 Å². The van der Waals surface area contributed by atoms with Crippen LogP contribution in [0.3, 0.4) is 0 Å². The molecule has 1 aliphatic heterocycles. The SMILES string of the molecule is CC[C@@H]1CSC(N(CC(=O)c2ccc(C)cc2)c2ccc(Cl)cc2)=N1. The Morgan fingerprint density at radius 2 is 1.88 bits per heavy atom. The molecule has 0 spiro atoms. The first-order chi connectivity index (χ1) is 12.1. The largest absolute Gasteiger partial charge is 0.313 e. The zero-order valence-electron chi connectivity index (χ0n) is 14.4. The van der Waals surface area contributed by atoms with Gasteiger partial charge in [0.2, 0.25) is 0 Å². The number of thioether (sulfide) groups is 1. The Morgan fingerprint density at radius 1 is 1.20 bits per heavy atom. The van der Waals surface area contributed by atoms with Crippen molar-refractivity contribution in [3.05, 3.63) is 64.7 Å². The van der Waals surface area contributed by atoms with Gasteiger partial charge in [-0.2, -0.15) is 0 Å². The maximum Gasteiger partial charge on any atom is 0.182 e. The van der Waals surface area contributed by atoms with Crippen LogP contribution >= 0.6 is 23.4 Å². The molecule has 1 heterocycles. The van der Waals surface area contributed by atoms with Gasteiger partial charge < -0.3 is 4.90 Å². The topological polar surface area (TPSA) is 32.7 Å². The number of carbonyl (C=O) groups excluding carboxylic acids is 1. The van der Waals surface area contributed by atoms with Crippen LogP contribution in [0.15, 0.2) is 53.5 Å². The molecular weight excluding hydrogens is 352 g/mol. The number of aliphatic imine (C=N–C) groups is 1. The average molecular weight is 373 g/mol. The molecule has 0 saturated carbocycles. The summed E-state index contributed by atoms with van der Waals surface area (Å²) >= 11 is 7.73. The van der Waals surface area contributed by atoms with Crippen molar-refractivity contribution >= 4 is 40.0 Å². The van der Waals surface area contributed by atoms with Crippen LogP contribution in [0, 0.1) is 6.92 Å². The fourth-order valence-electron chi connectivity index (χ4n) is 2.62. The zero-order valence-corrected chi connectivity index (χ0v) is 16.0. The van der Waals surface area contributed by atoms with E-state index in [1.165, 1.54) is 0 Å². The second-order valence-corrected chi connectivity index (χ2v) is 7.56. The van der Waals surface area contributed by atoms with E-state index in [9.17, 15) is 4.79 Å². The lowest BCUT2D eigenvalue weighted by Crippen LogP contribution is -2.33. The second kappa shape index (κ2) is 8.07. The van der Waals surface area contributed by atoms with E-state index in [0.29, 0.717) is 11.1 Å². The molecule has 0 bridgehead atoms. The molecule has 2 aromatic rings. The van der Waals surface area contributed by atoms with Gasteiger partial charge in [-0.3, -0.25) is 9.79 Å². The van der Waals surface area contributed by atoms with Gasteiger partial charge in [-0.25, -0.2) is 0 Å². The molecule has 0 saturated heterocycles. The summed E-state index contributed by atoms with van der Waals surface area (Å²) in [5.74, 6) is 1.05. The number of aryl methyl sites for hydroxylation is 1. The van der Waals surface area contributed by atoms with Gasteiger partial charge in [0, 0.05) is 22.0 Å². The highest BCUT2D eigenvalue weighted by atomic mass is 35.5. The van der Waals surface area contributed by atoms with E-state index in [1.54, 1.807) is 11.8 Å². The Morgan fingerprint density at radius 3 is 2.48 bits per heavy atom. The summed E-state index contributed by atoms with van der Waals surface area (Å²) < 4.78 is 0. The minimum atomic E-state index is 0.0817. The van der Waals surface area contributed by atoms with Gasteiger partial charge >= 0.3 is 0 Å². The van der Waals surface area contributed by atoms with E-state index >= 15 is 0 Å². The first kappa shape index (κ1) is 18.0. The quantitative estimate of drug-likeness (QED) is 0.674. The van der Waals surface area contributed by atoms with Crippen molar-refractivity contribution in [1.82, 2.24) is 0 Å². The average Bonchev–Trinajstić information content (AvgIpc) is 3.10. The summed E-state index contributed by atoms with van der Waals surface area (Å²) in [5.41, 5.74) is 2.81. The second-order valence-electron chi connectivity index (χ2n) is 6.14. The third kappa shape index (κ3) is 4.44. The van der Waals surface area contributed by atoms with Gasteiger partial charge in [-0.1, -0.05) is 60.1 Å². The molecule has 5 heteroatoms. The summed E-state index contributed by atoms with van der Waals surface area (Å²) in [6.45, 7) is 4.43. The lowest BCUT2D eigenvalue weighted by molar-refractivity contribution is 0.100. The minimum absolute atomic E-state index is 0.0817. The van der Waals surface area contributed by atoms with Crippen molar-refractivity contribution in [3.63, 3.8) is 0 Å². The highest BCUT2D eigenvalue weighted by Gasteiger charge is 2.25. The Kier molecular flexibility index (Phi) is 5.82. The maximum absolute atomic E-state index is 12.8. The molecule has 0 amide bonds. The summed E-state index contributed by atoms with van der Waals surface area (Å²) in [7, 11) is 0. The summed E-state index contributed by atoms with van der Waals surface area (Å²) in [6.07, 6.45) is 1.01. The predicted octanol–water partition coefficient (Wildman–Crippen LogP) is 5.22. The number of anilines is 1. The van der Waals surface area contributed by atoms with Crippen LogP contribution in [0.5, 0.6) is 0 Å². The molecule has 2 aromatic carbocycles. The van der Waals surface area contributed by atoms with Gasteiger partial charge in [0.15, 0.2) is 11.0 Å². The molecule has 0 N–H and O–H groups in total. The van der Waals surface area contributed by atoms with Crippen LogP contribution in [0.25, 0.3) is 0 Å². The number of benzene rings is 2. The summed E-state index contributed by atoms with van der Waals surface area (Å²) in [6, 6.07) is 15.6. The molecule has 3 rings (SSSR count). The van der Waals surface area contributed by atoms with Gasteiger partial charge in [-0.05, 0) is 37.6 Å². The van der Waals surface area contributed by atoms with Gasteiger partial charge in [0.05, 0.1) is 12.6 Å². The number of carbonyl (C=O) groups is 1.